The van der Waals surface area contributed by atoms with E-state index in [0.29, 0.717) is 6.54 Å². The van der Waals surface area contributed by atoms with Gasteiger partial charge < -0.3 is 10.5 Å². The van der Waals surface area contributed by atoms with Gasteiger partial charge in [-0.3, -0.25) is 0 Å². The van der Waals surface area contributed by atoms with Crippen molar-refractivity contribution in [1.29, 1.82) is 0 Å². The van der Waals surface area contributed by atoms with Gasteiger partial charge in [-0.1, -0.05) is 11.3 Å². The summed E-state index contributed by atoms with van der Waals surface area (Å²) in [4.78, 5) is 0. The zero-order valence-electron chi connectivity index (χ0n) is 8.32. The SMILES string of the molecule is CC1(c2nnc(CN)s2)CCCCO1. The summed E-state index contributed by atoms with van der Waals surface area (Å²) >= 11 is 1.57. The Morgan fingerprint density at radius 3 is 2.93 bits per heavy atom. The first-order valence-corrected chi connectivity index (χ1v) is 5.73. The van der Waals surface area contributed by atoms with Crippen LogP contribution in [-0.4, -0.2) is 16.8 Å². The van der Waals surface area contributed by atoms with Crippen molar-refractivity contribution in [2.75, 3.05) is 6.61 Å². The second-order valence-electron chi connectivity index (χ2n) is 3.74. The van der Waals surface area contributed by atoms with E-state index in [-0.39, 0.29) is 5.60 Å². The number of aromatic nitrogens is 2. The van der Waals surface area contributed by atoms with Crippen molar-refractivity contribution < 1.29 is 4.74 Å². The molecule has 14 heavy (non-hydrogen) atoms. The van der Waals surface area contributed by atoms with E-state index >= 15 is 0 Å². The second-order valence-corrected chi connectivity index (χ2v) is 4.80. The average molecular weight is 213 g/mol. The van der Waals surface area contributed by atoms with Gasteiger partial charge in [-0.2, -0.15) is 0 Å². The van der Waals surface area contributed by atoms with Crippen molar-refractivity contribution in [2.45, 2.75) is 38.3 Å². The monoisotopic (exact) mass is 213 g/mol. The van der Waals surface area contributed by atoms with E-state index in [4.69, 9.17) is 10.5 Å². The number of rotatable bonds is 2. The van der Waals surface area contributed by atoms with E-state index in [1.807, 2.05) is 0 Å². The summed E-state index contributed by atoms with van der Waals surface area (Å²) in [6.45, 7) is 3.38. The summed E-state index contributed by atoms with van der Waals surface area (Å²) in [5, 5.41) is 10.0. The minimum absolute atomic E-state index is 0.219. The summed E-state index contributed by atoms with van der Waals surface area (Å²) in [5.41, 5.74) is 5.28. The Labute approximate surface area is 87.5 Å². The molecule has 2 rings (SSSR count). The molecule has 2 heterocycles. The third kappa shape index (κ3) is 1.80. The van der Waals surface area contributed by atoms with Crippen LogP contribution in [0.2, 0.25) is 0 Å². The molecule has 5 heteroatoms. The molecule has 0 bridgehead atoms. The lowest BCUT2D eigenvalue weighted by Crippen LogP contribution is -2.29. The Morgan fingerprint density at radius 1 is 1.50 bits per heavy atom. The molecule has 1 atom stereocenters. The number of nitrogens with two attached hydrogens (primary N) is 1. The second kappa shape index (κ2) is 3.92. The van der Waals surface area contributed by atoms with Crippen LogP contribution in [0.1, 0.15) is 36.2 Å². The lowest BCUT2D eigenvalue weighted by atomic mass is 9.97. The maximum Gasteiger partial charge on any atom is 0.149 e. The van der Waals surface area contributed by atoms with Gasteiger partial charge in [-0.05, 0) is 26.2 Å². The first-order valence-electron chi connectivity index (χ1n) is 4.91. The molecule has 78 valence electrons. The Balaban J connectivity index is 2.19. The van der Waals surface area contributed by atoms with Gasteiger partial charge in [0.15, 0.2) is 0 Å². The number of nitrogens with zero attached hydrogens (tertiary/aromatic N) is 2. The van der Waals surface area contributed by atoms with E-state index in [1.165, 1.54) is 6.42 Å². The molecule has 1 fully saturated rings. The summed E-state index contributed by atoms with van der Waals surface area (Å²) < 4.78 is 5.78. The van der Waals surface area contributed by atoms with Crippen LogP contribution in [0.3, 0.4) is 0 Å². The van der Waals surface area contributed by atoms with Crippen molar-refractivity contribution in [3.63, 3.8) is 0 Å². The van der Waals surface area contributed by atoms with Gasteiger partial charge in [0.05, 0.1) is 0 Å². The molecule has 0 saturated carbocycles. The third-order valence-corrected chi connectivity index (χ3v) is 3.75. The van der Waals surface area contributed by atoms with Gasteiger partial charge in [0, 0.05) is 13.2 Å². The van der Waals surface area contributed by atoms with Crippen molar-refractivity contribution in [1.82, 2.24) is 10.2 Å². The predicted molar refractivity (Wildman–Crippen MR) is 55.0 cm³/mol. The smallest absolute Gasteiger partial charge is 0.149 e. The molecule has 0 radical (unpaired) electrons. The van der Waals surface area contributed by atoms with E-state index in [2.05, 4.69) is 17.1 Å². The Kier molecular flexibility index (Phi) is 2.80. The molecular formula is C9H15N3OS. The number of hydrogen-bond donors (Lipinski definition) is 1. The van der Waals surface area contributed by atoms with Crippen LogP contribution >= 0.6 is 11.3 Å². The molecule has 1 saturated heterocycles. The highest BCUT2D eigenvalue weighted by Crippen LogP contribution is 2.35. The van der Waals surface area contributed by atoms with E-state index in [0.717, 1.165) is 29.5 Å². The lowest BCUT2D eigenvalue weighted by Gasteiger charge is -2.31. The van der Waals surface area contributed by atoms with Crippen molar-refractivity contribution in [3.8, 4) is 0 Å². The molecule has 2 N–H and O–H groups in total. The number of ether oxygens (including phenoxy) is 1. The molecule has 4 nitrogen and oxygen atoms in total. The summed E-state index contributed by atoms with van der Waals surface area (Å²) in [5.74, 6) is 0. The van der Waals surface area contributed by atoms with Crippen LogP contribution in [0.4, 0.5) is 0 Å². The Hall–Kier alpha value is -0.520. The fourth-order valence-electron chi connectivity index (χ4n) is 1.65. The Bertz CT molecular complexity index is 307. The van der Waals surface area contributed by atoms with Crippen LogP contribution < -0.4 is 5.73 Å². The maximum absolute atomic E-state index is 5.78. The van der Waals surface area contributed by atoms with E-state index in [9.17, 15) is 0 Å². The van der Waals surface area contributed by atoms with Gasteiger partial charge in [0.25, 0.3) is 0 Å². The molecule has 1 aliphatic rings. The third-order valence-electron chi connectivity index (χ3n) is 2.56. The summed E-state index contributed by atoms with van der Waals surface area (Å²) in [6.07, 6.45) is 3.39. The average Bonchev–Trinajstić information content (AvgIpc) is 2.67. The van der Waals surface area contributed by atoms with E-state index in [1.54, 1.807) is 11.3 Å². The van der Waals surface area contributed by atoms with Crippen LogP contribution in [-0.2, 0) is 16.9 Å². The predicted octanol–water partition coefficient (Wildman–Crippen LogP) is 1.41. The highest BCUT2D eigenvalue weighted by molar-refractivity contribution is 7.11. The van der Waals surface area contributed by atoms with Crippen molar-refractivity contribution in [3.05, 3.63) is 10.0 Å². The number of hydrogen-bond acceptors (Lipinski definition) is 5. The molecule has 0 aliphatic carbocycles. The standard InChI is InChI=1S/C9H15N3OS/c1-9(4-2-3-5-13-9)8-12-11-7(6-10)14-8/h2-6,10H2,1H3. The van der Waals surface area contributed by atoms with Gasteiger partial charge in [0.1, 0.15) is 15.6 Å². The van der Waals surface area contributed by atoms with Gasteiger partial charge >= 0.3 is 0 Å². The largest absolute Gasteiger partial charge is 0.368 e. The molecular weight excluding hydrogens is 198 g/mol. The molecule has 0 spiro atoms. The van der Waals surface area contributed by atoms with Gasteiger partial charge in [-0.25, -0.2) is 0 Å². The highest BCUT2D eigenvalue weighted by atomic mass is 32.1. The van der Waals surface area contributed by atoms with Crippen LogP contribution in [0.15, 0.2) is 0 Å². The zero-order valence-corrected chi connectivity index (χ0v) is 9.14. The summed E-state index contributed by atoms with van der Waals surface area (Å²) in [7, 11) is 0. The minimum Gasteiger partial charge on any atom is -0.368 e. The maximum atomic E-state index is 5.78. The van der Waals surface area contributed by atoms with Gasteiger partial charge in [-0.15, -0.1) is 10.2 Å². The van der Waals surface area contributed by atoms with Gasteiger partial charge in [0.2, 0.25) is 0 Å². The van der Waals surface area contributed by atoms with Crippen LogP contribution in [0.25, 0.3) is 0 Å². The first kappa shape index (κ1) is 10.0. The molecule has 1 aromatic rings. The normalized spacial score (nSPS) is 27.9. The zero-order chi connectivity index (χ0) is 10.0. The molecule has 1 aliphatic heterocycles. The fourth-order valence-corrected chi connectivity index (χ4v) is 2.50. The Morgan fingerprint density at radius 2 is 2.36 bits per heavy atom. The quantitative estimate of drug-likeness (QED) is 0.807. The highest BCUT2D eigenvalue weighted by Gasteiger charge is 2.33. The molecule has 0 amide bonds. The fraction of sp³-hybridized carbons (Fsp3) is 0.778. The molecule has 0 aromatic carbocycles. The lowest BCUT2D eigenvalue weighted by molar-refractivity contribution is -0.0705. The molecule has 1 aromatic heterocycles. The van der Waals surface area contributed by atoms with Crippen molar-refractivity contribution in [2.24, 2.45) is 5.73 Å². The van der Waals surface area contributed by atoms with Crippen LogP contribution in [0.5, 0.6) is 0 Å². The van der Waals surface area contributed by atoms with Crippen molar-refractivity contribution >= 4 is 11.3 Å². The topological polar surface area (TPSA) is 61.0 Å². The van der Waals surface area contributed by atoms with E-state index < -0.39 is 0 Å². The minimum atomic E-state index is -0.219. The van der Waals surface area contributed by atoms with Crippen LogP contribution in [0, 0.1) is 0 Å². The summed E-state index contributed by atoms with van der Waals surface area (Å²) in [6, 6.07) is 0. The first-order chi connectivity index (χ1) is 6.74. The molecule has 1 unspecified atom stereocenters.